The molecule has 0 aliphatic rings. The summed E-state index contributed by atoms with van der Waals surface area (Å²) >= 11 is 0. The summed E-state index contributed by atoms with van der Waals surface area (Å²) < 4.78 is 0. The van der Waals surface area contributed by atoms with Crippen molar-refractivity contribution in [1.29, 1.82) is 5.26 Å². The molecule has 2 amide bonds. The van der Waals surface area contributed by atoms with Crippen molar-refractivity contribution in [1.82, 2.24) is 10.2 Å². The fraction of sp³-hybridized carbons (Fsp3) is 0.769. The van der Waals surface area contributed by atoms with Crippen LogP contribution in [0.25, 0.3) is 0 Å². The Morgan fingerprint density at radius 2 is 1.95 bits per heavy atom. The molecule has 2 atom stereocenters. The highest BCUT2D eigenvalue weighted by atomic mass is 16.4. The van der Waals surface area contributed by atoms with Crippen LogP contribution in [-0.2, 0) is 4.79 Å². The van der Waals surface area contributed by atoms with Crippen LogP contribution in [0.4, 0.5) is 4.79 Å². The van der Waals surface area contributed by atoms with Crippen molar-refractivity contribution in [2.24, 2.45) is 11.8 Å². The second-order valence-electron chi connectivity index (χ2n) is 5.04. The van der Waals surface area contributed by atoms with Crippen molar-refractivity contribution in [3.8, 4) is 6.07 Å². The molecule has 2 N–H and O–H groups in total. The van der Waals surface area contributed by atoms with Crippen LogP contribution < -0.4 is 5.32 Å². The number of urea groups is 1. The van der Waals surface area contributed by atoms with Gasteiger partial charge >= 0.3 is 12.0 Å². The minimum Gasteiger partial charge on any atom is -0.480 e. The molecule has 0 radical (unpaired) electrons. The Hall–Kier alpha value is -1.77. The summed E-state index contributed by atoms with van der Waals surface area (Å²) in [5.74, 6) is -1.14. The number of hydrogen-bond donors (Lipinski definition) is 2. The van der Waals surface area contributed by atoms with E-state index in [1.165, 1.54) is 4.90 Å². The predicted molar refractivity (Wildman–Crippen MR) is 71.4 cm³/mol. The van der Waals surface area contributed by atoms with Crippen LogP contribution in [0.5, 0.6) is 0 Å². The first-order valence-corrected chi connectivity index (χ1v) is 6.49. The monoisotopic (exact) mass is 269 g/mol. The molecule has 0 aromatic carbocycles. The van der Waals surface area contributed by atoms with Gasteiger partial charge in [-0.2, -0.15) is 5.26 Å². The van der Waals surface area contributed by atoms with E-state index in [2.05, 4.69) is 11.4 Å². The first-order chi connectivity index (χ1) is 8.81. The van der Waals surface area contributed by atoms with E-state index in [1.807, 2.05) is 13.8 Å². The van der Waals surface area contributed by atoms with Crippen LogP contribution in [0.3, 0.4) is 0 Å². The summed E-state index contributed by atoms with van der Waals surface area (Å²) in [6, 6.07) is 0.732. The van der Waals surface area contributed by atoms with E-state index in [4.69, 9.17) is 10.4 Å². The van der Waals surface area contributed by atoms with Crippen molar-refractivity contribution < 1.29 is 14.7 Å². The van der Waals surface area contributed by atoms with Crippen molar-refractivity contribution in [2.75, 3.05) is 13.1 Å². The van der Waals surface area contributed by atoms with Crippen LogP contribution >= 0.6 is 0 Å². The van der Waals surface area contributed by atoms with Gasteiger partial charge in [-0.25, -0.2) is 9.59 Å². The van der Waals surface area contributed by atoms with Crippen molar-refractivity contribution in [3.63, 3.8) is 0 Å². The van der Waals surface area contributed by atoms with E-state index in [0.717, 1.165) is 0 Å². The van der Waals surface area contributed by atoms with Gasteiger partial charge in [-0.1, -0.05) is 13.8 Å². The van der Waals surface area contributed by atoms with Gasteiger partial charge in [-0.05, 0) is 26.2 Å². The fourth-order valence-corrected chi connectivity index (χ4v) is 1.66. The maximum Gasteiger partial charge on any atom is 0.326 e. The minimum absolute atomic E-state index is 0.175. The lowest BCUT2D eigenvalue weighted by molar-refractivity contribution is -0.139. The van der Waals surface area contributed by atoms with Crippen molar-refractivity contribution in [2.45, 2.75) is 40.2 Å². The van der Waals surface area contributed by atoms with Crippen LogP contribution in [0.2, 0.25) is 0 Å². The standard InChI is InChI=1S/C13H23N3O3/c1-5-16(8-10(4)7-14)13(19)15-11(12(17)18)6-9(2)3/h9-11H,5-6,8H2,1-4H3,(H,15,19)(H,17,18). The molecule has 0 heterocycles. The Labute approximate surface area is 114 Å². The molecule has 0 saturated carbocycles. The zero-order chi connectivity index (χ0) is 15.0. The van der Waals surface area contributed by atoms with Crippen LogP contribution in [0.15, 0.2) is 0 Å². The number of nitriles is 1. The summed E-state index contributed by atoms with van der Waals surface area (Å²) in [4.78, 5) is 24.5. The number of carboxylic acid groups (broad SMARTS) is 1. The summed E-state index contributed by atoms with van der Waals surface area (Å²) in [7, 11) is 0. The lowest BCUT2D eigenvalue weighted by Gasteiger charge is -2.25. The number of carboxylic acids is 1. The highest BCUT2D eigenvalue weighted by molar-refractivity contribution is 5.82. The molecule has 0 spiro atoms. The molecular formula is C13H23N3O3. The highest BCUT2D eigenvalue weighted by Gasteiger charge is 2.24. The molecular weight excluding hydrogens is 246 g/mol. The molecule has 0 rings (SSSR count). The molecule has 0 aromatic rings. The molecule has 0 aromatic heterocycles. The third-order valence-corrected chi connectivity index (χ3v) is 2.69. The van der Waals surface area contributed by atoms with Crippen LogP contribution in [0, 0.1) is 23.2 Å². The maximum atomic E-state index is 12.0. The van der Waals surface area contributed by atoms with Gasteiger partial charge in [-0.3, -0.25) is 0 Å². The van der Waals surface area contributed by atoms with Crippen molar-refractivity contribution >= 4 is 12.0 Å². The van der Waals surface area contributed by atoms with E-state index in [0.29, 0.717) is 19.5 Å². The SMILES string of the molecule is CCN(CC(C)C#N)C(=O)NC(CC(C)C)C(=O)O. The smallest absolute Gasteiger partial charge is 0.326 e. The Morgan fingerprint density at radius 1 is 1.37 bits per heavy atom. The molecule has 0 saturated heterocycles. The highest BCUT2D eigenvalue weighted by Crippen LogP contribution is 2.06. The Balaban J connectivity index is 4.60. The summed E-state index contributed by atoms with van der Waals surface area (Å²) in [5.41, 5.74) is 0. The van der Waals surface area contributed by atoms with E-state index >= 15 is 0 Å². The Kier molecular flexibility index (Phi) is 7.57. The first-order valence-electron chi connectivity index (χ1n) is 6.49. The molecule has 108 valence electrons. The summed E-state index contributed by atoms with van der Waals surface area (Å²) in [5, 5.41) is 20.3. The number of aliphatic carboxylic acids is 1. The number of nitrogens with zero attached hydrogens (tertiary/aromatic N) is 2. The van der Waals surface area contributed by atoms with Gasteiger partial charge in [-0.15, -0.1) is 0 Å². The van der Waals surface area contributed by atoms with Crippen molar-refractivity contribution in [3.05, 3.63) is 0 Å². The predicted octanol–water partition coefficient (Wildman–Crippen LogP) is 1.68. The van der Waals surface area contributed by atoms with Crippen LogP contribution in [-0.4, -0.2) is 41.1 Å². The number of amides is 2. The molecule has 2 unspecified atom stereocenters. The average Bonchev–Trinajstić information content (AvgIpc) is 2.33. The van der Waals surface area contributed by atoms with E-state index in [1.54, 1.807) is 13.8 Å². The van der Waals surface area contributed by atoms with Gasteiger partial charge in [0.05, 0.1) is 12.0 Å². The Bertz CT molecular complexity index is 350. The van der Waals surface area contributed by atoms with Gasteiger partial charge < -0.3 is 15.3 Å². The largest absolute Gasteiger partial charge is 0.480 e. The third-order valence-electron chi connectivity index (χ3n) is 2.69. The van der Waals surface area contributed by atoms with E-state index in [-0.39, 0.29) is 11.8 Å². The van der Waals surface area contributed by atoms with E-state index in [9.17, 15) is 9.59 Å². The zero-order valence-corrected chi connectivity index (χ0v) is 12.0. The minimum atomic E-state index is -1.04. The second-order valence-corrected chi connectivity index (χ2v) is 5.04. The second kappa shape index (κ2) is 8.35. The number of rotatable bonds is 7. The number of nitrogens with one attached hydrogen (secondary N) is 1. The first kappa shape index (κ1) is 17.2. The summed E-state index contributed by atoms with van der Waals surface area (Å²) in [6.07, 6.45) is 0.381. The normalized spacial score (nSPS) is 13.5. The molecule has 0 aliphatic heterocycles. The third kappa shape index (κ3) is 6.65. The zero-order valence-electron chi connectivity index (χ0n) is 12.0. The lowest BCUT2D eigenvalue weighted by Crippen LogP contribution is -2.49. The maximum absolute atomic E-state index is 12.0. The van der Waals surface area contributed by atoms with Gasteiger partial charge in [0.1, 0.15) is 6.04 Å². The number of hydrogen-bond acceptors (Lipinski definition) is 3. The lowest BCUT2D eigenvalue weighted by atomic mass is 10.0. The van der Waals surface area contributed by atoms with E-state index < -0.39 is 18.0 Å². The van der Waals surface area contributed by atoms with Gasteiger partial charge in [0, 0.05) is 13.1 Å². The quantitative estimate of drug-likeness (QED) is 0.735. The molecule has 0 fully saturated rings. The molecule has 0 bridgehead atoms. The number of carbonyl (C=O) groups is 2. The topological polar surface area (TPSA) is 93.4 Å². The molecule has 6 heteroatoms. The molecule has 6 nitrogen and oxygen atoms in total. The average molecular weight is 269 g/mol. The molecule has 19 heavy (non-hydrogen) atoms. The van der Waals surface area contributed by atoms with Crippen LogP contribution in [0.1, 0.15) is 34.1 Å². The fourth-order valence-electron chi connectivity index (χ4n) is 1.66. The van der Waals surface area contributed by atoms with Gasteiger partial charge in [0.15, 0.2) is 0 Å². The van der Waals surface area contributed by atoms with Gasteiger partial charge in [0.2, 0.25) is 0 Å². The Morgan fingerprint density at radius 3 is 2.32 bits per heavy atom. The summed E-state index contributed by atoms with van der Waals surface area (Å²) in [6.45, 7) is 8.05. The molecule has 0 aliphatic carbocycles. The van der Waals surface area contributed by atoms with Gasteiger partial charge in [0.25, 0.3) is 0 Å². The number of carbonyl (C=O) groups excluding carboxylic acids is 1.